The Hall–Kier alpha value is -1.69. The van der Waals surface area contributed by atoms with E-state index in [0.29, 0.717) is 0 Å². The third kappa shape index (κ3) is 3.24. The number of aromatic nitrogens is 2. The van der Waals surface area contributed by atoms with Crippen molar-refractivity contribution >= 4 is 0 Å². The van der Waals surface area contributed by atoms with E-state index in [9.17, 15) is 0 Å². The standard InChI is InChI=1S/C19H25N3O2/c1-15-20-12-17(22(15)16-6-3-2-4-7-16)13-21-9-11-24-19(14-21)18-8-5-10-23-18/h2-4,6-7,12,18-19H,5,8-11,13-14H2,1H3/t18-,19-/m1/s1. The minimum atomic E-state index is 0.204. The molecule has 1 aromatic carbocycles. The van der Waals surface area contributed by atoms with E-state index in [1.807, 2.05) is 12.3 Å². The van der Waals surface area contributed by atoms with Crippen molar-refractivity contribution in [3.05, 3.63) is 48.0 Å². The number of imidazole rings is 1. The number of ether oxygens (including phenoxy) is 2. The molecule has 0 radical (unpaired) electrons. The van der Waals surface area contributed by atoms with Crippen LogP contribution in [0, 0.1) is 6.92 Å². The molecule has 0 aliphatic carbocycles. The van der Waals surface area contributed by atoms with Crippen molar-refractivity contribution in [3.8, 4) is 5.69 Å². The van der Waals surface area contributed by atoms with Crippen LogP contribution in [0.3, 0.4) is 0 Å². The highest BCUT2D eigenvalue weighted by atomic mass is 16.5. The second-order valence-corrected chi connectivity index (χ2v) is 6.66. The van der Waals surface area contributed by atoms with Gasteiger partial charge in [-0.05, 0) is 31.9 Å². The first-order valence-corrected chi connectivity index (χ1v) is 8.85. The monoisotopic (exact) mass is 327 g/mol. The second kappa shape index (κ2) is 7.05. The minimum Gasteiger partial charge on any atom is -0.375 e. The number of para-hydroxylation sites is 1. The summed E-state index contributed by atoms with van der Waals surface area (Å²) in [5, 5.41) is 0. The van der Waals surface area contributed by atoms with Gasteiger partial charge in [-0.1, -0.05) is 18.2 Å². The summed E-state index contributed by atoms with van der Waals surface area (Å²) in [5.74, 6) is 1.03. The number of aryl methyl sites for hydroxylation is 1. The Labute approximate surface area is 143 Å². The van der Waals surface area contributed by atoms with Gasteiger partial charge in [-0.25, -0.2) is 4.98 Å². The summed E-state index contributed by atoms with van der Waals surface area (Å²) in [6, 6.07) is 10.4. The minimum absolute atomic E-state index is 0.204. The molecular weight excluding hydrogens is 302 g/mol. The Morgan fingerprint density at radius 1 is 1.12 bits per heavy atom. The van der Waals surface area contributed by atoms with Crippen LogP contribution in [-0.4, -0.2) is 53.0 Å². The summed E-state index contributed by atoms with van der Waals surface area (Å²) in [4.78, 5) is 7.00. The van der Waals surface area contributed by atoms with Crippen LogP contribution in [0.5, 0.6) is 0 Å². The third-order valence-corrected chi connectivity index (χ3v) is 4.97. The third-order valence-electron chi connectivity index (χ3n) is 4.97. The summed E-state index contributed by atoms with van der Waals surface area (Å²) in [7, 11) is 0. The average molecular weight is 327 g/mol. The van der Waals surface area contributed by atoms with Crippen LogP contribution in [0.4, 0.5) is 0 Å². The van der Waals surface area contributed by atoms with Crippen molar-refractivity contribution in [2.45, 2.75) is 38.5 Å². The predicted octanol–water partition coefficient (Wildman–Crippen LogP) is 2.56. The first-order valence-electron chi connectivity index (χ1n) is 8.85. The molecule has 2 aliphatic heterocycles. The molecule has 2 aliphatic rings. The van der Waals surface area contributed by atoms with Crippen LogP contribution < -0.4 is 0 Å². The van der Waals surface area contributed by atoms with Crippen LogP contribution >= 0.6 is 0 Å². The molecule has 0 bridgehead atoms. The maximum Gasteiger partial charge on any atom is 0.110 e. The summed E-state index contributed by atoms with van der Waals surface area (Å²) in [5.41, 5.74) is 2.40. The fraction of sp³-hybridized carbons (Fsp3) is 0.526. The molecule has 128 valence electrons. The Morgan fingerprint density at radius 3 is 2.75 bits per heavy atom. The molecular formula is C19H25N3O2. The van der Waals surface area contributed by atoms with Gasteiger partial charge in [0, 0.05) is 31.9 Å². The summed E-state index contributed by atoms with van der Waals surface area (Å²) in [6.07, 6.45) is 4.76. The summed E-state index contributed by atoms with van der Waals surface area (Å²) in [6.45, 7) is 6.51. The number of hydrogen-bond acceptors (Lipinski definition) is 4. The lowest BCUT2D eigenvalue weighted by Gasteiger charge is -2.35. The molecule has 5 heteroatoms. The first kappa shape index (κ1) is 15.8. The van der Waals surface area contributed by atoms with Crippen molar-refractivity contribution < 1.29 is 9.47 Å². The van der Waals surface area contributed by atoms with Gasteiger partial charge < -0.3 is 9.47 Å². The summed E-state index contributed by atoms with van der Waals surface area (Å²) < 4.78 is 14.0. The zero-order chi connectivity index (χ0) is 16.4. The molecule has 4 rings (SSSR count). The fourth-order valence-electron chi connectivity index (χ4n) is 3.76. The van der Waals surface area contributed by atoms with Crippen LogP contribution in [0.25, 0.3) is 5.69 Å². The van der Waals surface area contributed by atoms with Crippen molar-refractivity contribution in [2.24, 2.45) is 0 Å². The molecule has 2 fully saturated rings. The number of morpholine rings is 1. The van der Waals surface area contributed by atoms with E-state index in [-0.39, 0.29) is 12.2 Å². The van der Waals surface area contributed by atoms with Crippen molar-refractivity contribution in [2.75, 3.05) is 26.3 Å². The zero-order valence-corrected chi connectivity index (χ0v) is 14.2. The summed E-state index contributed by atoms with van der Waals surface area (Å²) >= 11 is 0. The highest BCUT2D eigenvalue weighted by molar-refractivity contribution is 5.35. The van der Waals surface area contributed by atoms with E-state index in [1.165, 1.54) is 11.4 Å². The lowest BCUT2D eigenvalue weighted by atomic mass is 10.1. The van der Waals surface area contributed by atoms with Gasteiger partial charge in [0.1, 0.15) is 5.82 Å². The van der Waals surface area contributed by atoms with Crippen LogP contribution in [-0.2, 0) is 16.0 Å². The van der Waals surface area contributed by atoms with Crippen molar-refractivity contribution in [1.82, 2.24) is 14.5 Å². The maximum absolute atomic E-state index is 5.96. The largest absolute Gasteiger partial charge is 0.375 e. The van der Waals surface area contributed by atoms with E-state index >= 15 is 0 Å². The Morgan fingerprint density at radius 2 is 1.96 bits per heavy atom. The Kier molecular flexibility index (Phi) is 4.65. The molecule has 0 saturated carbocycles. The fourth-order valence-corrected chi connectivity index (χ4v) is 3.76. The van der Waals surface area contributed by atoms with Gasteiger partial charge in [-0.2, -0.15) is 0 Å². The highest BCUT2D eigenvalue weighted by Crippen LogP contribution is 2.23. The lowest BCUT2D eigenvalue weighted by molar-refractivity contribution is -0.0962. The van der Waals surface area contributed by atoms with Gasteiger partial charge in [0.05, 0.1) is 30.7 Å². The van der Waals surface area contributed by atoms with Gasteiger partial charge in [0.25, 0.3) is 0 Å². The molecule has 0 N–H and O–H groups in total. The quantitative estimate of drug-likeness (QED) is 0.865. The SMILES string of the molecule is Cc1ncc(CN2CCO[C@@H]([C@H]3CCCO3)C2)n1-c1ccccc1. The van der Waals surface area contributed by atoms with E-state index in [2.05, 4.69) is 45.6 Å². The molecule has 5 nitrogen and oxygen atoms in total. The molecule has 24 heavy (non-hydrogen) atoms. The molecule has 3 heterocycles. The maximum atomic E-state index is 5.96. The predicted molar refractivity (Wildman–Crippen MR) is 92.3 cm³/mol. The first-order chi connectivity index (χ1) is 11.8. The number of rotatable bonds is 4. The van der Waals surface area contributed by atoms with E-state index < -0.39 is 0 Å². The zero-order valence-electron chi connectivity index (χ0n) is 14.2. The van der Waals surface area contributed by atoms with Crippen molar-refractivity contribution in [1.29, 1.82) is 0 Å². The molecule has 0 spiro atoms. The normalized spacial score (nSPS) is 25.2. The van der Waals surface area contributed by atoms with E-state index in [4.69, 9.17) is 9.47 Å². The number of nitrogens with zero attached hydrogens (tertiary/aromatic N) is 3. The molecule has 2 aromatic rings. The Balaban J connectivity index is 1.49. The molecule has 0 unspecified atom stereocenters. The Bertz CT molecular complexity index is 665. The molecule has 2 saturated heterocycles. The van der Waals surface area contributed by atoms with Crippen LogP contribution in [0.15, 0.2) is 36.5 Å². The van der Waals surface area contributed by atoms with E-state index in [1.54, 1.807) is 0 Å². The van der Waals surface area contributed by atoms with Crippen molar-refractivity contribution in [3.63, 3.8) is 0 Å². The number of benzene rings is 1. The van der Waals surface area contributed by atoms with Gasteiger partial charge in [-0.15, -0.1) is 0 Å². The highest BCUT2D eigenvalue weighted by Gasteiger charge is 2.31. The van der Waals surface area contributed by atoms with Crippen LogP contribution in [0.1, 0.15) is 24.4 Å². The van der Waals surface area contributed by atoms with Gasteiger partial charge in [0.15, 0.2) is 0 Å². The number of hydrogen-bond donors (Lipinski definition) is 0. The second-order valence-electron chi connectivity index (χ2n) is 6.66. The molecule has 1 aromatic heterocycles. The smallest absolute Gasteiger partial charge is 0.110 e. The molecule has 0 amide bonds. The topological polar surface area (TPSA) is 39.5 Å². The van der Waals surface area contributed by atoms with Gasteiger partial charge in [-0.3, -0.25) is 9.47 Å². The van der Waals surface area contributed by atoms with E-state index in [0.717, 1.165) is 51.5 Å². The van der Waals surface area contributed by atoms with Gasteiger partial charge >= 0.3 is 0 Å². The van der Waals surface area contributed by atoms with Gasteiger partial charge in [0.2, 0.25) is 0 Å². The molecule has 2 atom stereocenters. The van der Waals surface area contributed by atoms with Crippen LogP contribution in [0.2, 0.25) is 0 Å². The lowest BCUT2D eigenvalue weighted by Crippen LogP contribution is -2.47. The average Bonchev–Trinajstić information content (AvgIpc) is 3.26.